The molecule has 0 saturated carbocycles. The van der Waals surface area contributed by atoms with Gasteiger partial charge in [0.2, 0.25) is 11.8 Å². The minimum atomic E-state index is 0.516. The molecular weight excluding hydrogens is 236 g/mol. The van der Waals surface area contributed by atoms with Gasteiger partial charge in [0.05, 0.1) is 0 Å². The molecule has 0 aliphatic rings. The summed E-state index contributed by atoms with van der Waals surface area (Å²) in [6, 6.07) is 17.5. The molecule has 2 aromatic carbocycles. The van der Waals surface area contributed by atoms with Crippen molar-refractivity contribution >= 4 is 6.08 Å². The molecule has 0 unspecified atom stereocenters. The molecule has 1 aromatic heterocycles. The average Bonchev–Trinajstić information content (AvgIpc) is 2.98. The highest BCUT2D eigenvalue weighted by molar-refractivity contribution is 5.61. The lowest BCUT2D eigenvalue weighted by Crippen LogP contribution is -1.79. The molecule has 0 N–H and O–H groups in total. The number of rotatable bonds is 3. The molecule has 0 amide bonds. The normalized spacial score (nSPS) is 10.3. The van der Waals surface area contributed by atoms with Crippen LogP contribution in [0.5, 0.6) is 0 Å². The van der Waals surface area contributed by atoms with Gasteiger partial charge >= 0.3 is 0 Å². The summed E-state index contributed by atoms with van der Waals surface area (Å²) in [6.07, 6.45) is 1.79. The third-order valence-electron chi connectivity index (χ3n) is 2.82. The predicted molar refractivity (Wildman–Crippen MR) is 75.3 cm³/mol. The van der Waals surface area contributed by atoms with Crippen LogP contribution in [0.3, 0.4) is 0 Å². The first-order valence-electron chi connectivity index (χ1n) is 5.98. The largest absolute Gasteiger partial charge is 0.416 e. The number of hydrogen-bond acceptors (Lipinski definition) is 3. The van der Waals surface area contributed by atoms with Crippen LogP contribution in [-0.2, 0) is 0 Å². The van der Waals surface area contributed by atoms with E-state index in [1.54, 1.807) is 6.08 Å². The first-order chi connectivity index (χ1) is 9.36. The molecule has 0 atom stereocenters. The summed E-state index contributed by atoms with van der Waals surface area (Å²) in [7, 11) is 0. The highest BCUT2D eigenvalue weighted by Gasteiger charge is 2.09. The van der Waals surface area contributed by atoms with Crippen molar-refractivity contribution < 1.29 is 4.42 Å². The molecule has 0 saturated heterocycles. The van der Waals surface area contributed by atoms with E-state index < -0.39 is 0 Å². The Hall–Kier alpha value is -2.68. The fraction of sp³-hybridized carbons (Fsp3) is 0. The maximum Gasteiger partial charge on any atom is 0.248 e. The molecule has 3 aromatic rings. The van der Waals surface area contributed by atoms with Crippen LogP contribution in [0.25, 0.3) is 29.0 Å². The maximum atomic E-state index is 5.70. The van der Waals surface area contributed by atoms with Crippen LogP contribution in [0.15, 0.2) is 65.6 Å². The van der Waals surface area contributed by atoms with Gasteiger partial charge in [-0.05, 0) is 29.8 Å². The first kappa shape index (κ1) is 11.4. The summed E-state index contributed by atoms with van der Waals surface area (Å²) in [4.78, 5) is 0. The van der Waals surface area contributed by atoms with Gasteiger partial charge in [-0.15, -0.1) is 10.2 Å². The van der Waals surface area contributed by atoms with Crippen LogP contribution in [0.2, 0.25) is 0 Å². The number of aromatic nitrogens is 2. The molecule has 3 heteroatoms. The second kappa shape index (κ2) is 4.90. The molecular formula is C16H12N2O. The van der Waals surface area contributed by atoms with E-state index in [-0.39, 0.29) is 0 Å². The van der Waals surface area contributed by atoms with Crippen molar-refractivity contribution in [2.45, 2.75) is 0 Å². The molecule has 0 aliphatic heterocycles. The molecule has 3 rings (SSSR count). The van der Waals surface area contributed by atoms with Crippen LogP contribution >= 0.6 is 0 Å². The van der Waals surface area contributed by atoms with Crippen molar-refractivity contribution in [1.29, 1.82) is 0 Å². The molecule has 0 aliphatic carbocycles. The number of hydrogen-bond donors (Lipinski definition) is 0. The summed E-state index contributed by atoms with van der Waals surface area (Å²) >= 11 is 0. The summed E-state index contributed by atoms with van der Waals surface area (Å²) in [5.74, 6) is 1.04. The highest BCUT2D eigenvalue weighted by Crippen LogP contribution is 2.24. The molecule has 92 valence electrons. The molecule has 0 bridgehead atoms. The van der Waals surface area contributed by atoms with E-state index in [0.29, 0.717) is 11.8 Å². The van der Waals surface area contributed by atoms with E-state index in [9.17, 15) is 0 Å². The van der Waals surface area contributed by atoms with E-state index in [1.165, 1.54) is 0 Å². The summed E-state index contributed by atoms with van der Waals surface area (Å²) in [6.45, 7) is 3.75. The molecule has 3 nitrogen and oxygen atoms in total. The maximum absolute atomic E-state index is 5.70. The average molecular weight is 248 g/mol. The van der Waals surface area contributed by atoms with Gasteiger partial charge in [0.25, 0.3) is 0 Å². The minimum absolute atomic E-state index is 0.516. The highest BCUT2D eigenvalue weighted by atomic mass is 16.4. The van der Waals surface area contributed by atoms with Crippen molar-refractivity contribution in [3.05, 3.63) is 66.7 Å². The Balaban J connectivity index is 1.99. The minimum Gasteiger partial charge on any atom is -0.416 e. The van der Waals surface area contributed by atoms with Crippen LogP contribution in [0.4, 0.5) is 0 Å². The number of nitrogens with zero attached hydrogens (tertiary/aromatic N) is 2. The zero-order chi connectivity index (χ0) is 13.1. The monoisotopic (exact) mass is 248 g/mol. The van der Waals surface area contributed by atoms with Crippen molar-refractivity contribution in [3.63, 3.8) is 0 Å². The summed E-state index contributed by atoms with van der Waals surface area (Å²) < 4.78 is 5.70. The molecule has 0 spiro atoms. The lowest BCUT2D eigenvalue weighted by molar-refractivity contribution is 0.584. The Morgan fingerprint density at radius 1 is 0.842 bits per heavy atom. The Bertz CT molecular complexity index is 702. The molecule has 0 fully saturated rings. The van der Waals surface area contributed by atoms with Crippen molar-refractivity contribution in [3.8, 4) is 22.9 Å². The topological polar surface area (TPSA) is 38.9 Å². The second-order valence-electron chi connectivity index (χ2n) is 4.11. The van der Waals surface area contributed by atoms with Gasteiger partial charge in [-0.1, -0.05) is 43.0 Å². The lowest BCUT2D eigenvalue weighted by Gasteiger charge is -1.97. The van der Waals surface area contributed by atoms with Gasteiger partial charge in [-0.2, -0.15) is 0 Å². The van der Waals surface area contributed by atoms with Crippen LogP contribution in [-0.4, -0.2) is 10.2 Å². The lowest BCUT2D eigenvalue weighted by atomic mass is 10.1. The molecule has 19 heavy (non-hydrogen) atoms. The van der Waals surface area contributed by atoms with Gasteiger partial charge in [-0.3, -0.25) is 0 Å². The van der Waals surface area contributed by atoms with Crippen molar-refractivity contribution in [2.24, 2.45) is 0 Å². The smallest absolute Gasteiger partial charge is 0.248 e. The fourth-order valence-electron chi connectivity index (χ4n) is 1.84. The van der Waals surface area contributed by atoms with Gasteiger partial charge in [0.15, 0.2) is 0 Å². The van der Waals surface area contributed by atoms with Gasteiger partial charge in [-0.25, -0.2) is 0 Å². The Morgan fingerprint density at radius 3 is 2.26 bits per heavy atom. The van der Waals surface area contributed by atoms with Crippen LogP contribution in [0, 0.1) is 0 Å². The van der Waals surface area contributed by atoms with Crippen LogP contribution in [0.1, 0.15) is 5.56 Å². The van der Waals surface area contributed by atoms with Crippen LogP contribution < -0.4 is 0 Å². The SMILES string of the molecule is C=Cc1cccc(-c2nnc(-c3ccccc3)o2)c1. The van der Waals surface area contributed by atoms with E-state index in [1.807, 2.05) is 54.6 Å². The Kier molecular flexibility index (Phi) is 2.94. The van der Waals surface area contributed by atoms with E-state index >= 15 is 0 Å². The standard InChI is InChI=1S/C16H12N2O/c1-2-12-7-6-10-14(11-12)16-18-17-15(19-16)13-8-4-3-5-9-13/h2-11H,1H2. The fourth-order valence-corrected chi connectivity index (χ4v) is 1.84. The first-order valence-corrected chi connectivity index (χ1v) is 5.98. The summed E-state index contributed by atoms with van der Waals surface area (Å²) in [5.41, 5.74) is 2.84. The summed E-state index contributed by atoms with van der Waals surface area (Å²) in [5, 5.41) is 8.16. The zero-order valence-corrected chi connectivity index (χ0v) is 10.3. The third-order valence-corrected chi connectivity index (χ3v) is 2.82. The Morgan fingerprint density at radius 2 is 1.53 bits per heavy atom. The third kappa shape index (κ3) is 2.31. The van der Waals surface area contributed by atoms with Crippen molar-refractivity contribution in [2.75, 3.05) is 0 Å². The zero-order valence-electron chi connectivity index (χ0n) is 10.3. The second-order valence-corrected chi connectivity index (χ2v) is 4.11. The Labute approximate surface area is 111 Å². The van der Waals surface area contributed by atoms with Crippen molar-refractivity contribution in [1.82, 2.24) is 10.2 Å². The van der Waals surface area contributed by atoms with Gasteiger partial charge in [0, 0.05) is 11.1 Å². The van der Waals surface area contributed by atoms with E-state index in [4.69, 9.17) is 4.42 Å². The van der Waals surface area contributed by atoms with Gasteiger partial charge < -0.3 is 4.42 Å². The quantitative estimate of drug-likeness (QED) is 0.702. The number of benzene rings is 2. The van der Waals surface area contributed by atoms with Gasteiger partial charge in [0.1, 0.15) is 0 Å². The molecule has 1 heterocycles. The predicted octanol–water partition coefficient (Wildman–Crippen LogP) is 4.05. The van der Waals surface area contributed by atoms with E-state index in [0.717, 1.165) is 16.7 Å². The molecule has 0 radical (unpaired) electrons. The van der Waals surface area contributed by atoms with E-state index in [2.05, 4.69) is 16.8 Å².